The summed E-state index contributed by atoms with van der Waals surface area (Å²) in [5.41, 5.74) is 0.632. The van der Waals surface area contributed by atoms with E-state index in [1.807, 2.05) is 6.07 Å². The first kappa shape index (κ1) is 16.8. The van der Waals surface area contributed by atoms with Crippen LogP contribution in [0.4, 0.5) is 5.69 Å². The van der Waals surface area contributed by atoms with Crippen molar-refractivity contribution in [2.75, 3.05) is 11.9 Å². The van der Waals surface area contributed by atoms with Crippen LogP contribution in [-0.4, -0.2) is 24.6 Å². The first-order valence-corrected chi connectivity index (χ1v) is 7.37. The van der Waals surface area contributed by atoms with Crippen LogP contribution in [0.5, 0.6) is 5.75 Å². The number of carbonyl (C=O) groups excluding carboxylic acids is 2. The molecule has 120 valence electrons. The fraction of sp³-hybridized carbons (Fsp3) is 0.176. The molecule has 0 aromatic heterocycles. The van der Waals surface area contributed by atoms with E-state index in [9.17, 15) is 9.59 Å². The van der Waals surface area contributed by atoms with Gasteiger partial charge in [0.1, 0.15) is 5.75 Å². The molecule has 2 aromatic rings. The summed E-state index contributed by atoms with van der Waals surface area (Å²) in [4.78, 5) is 23.7. The van der Waals surface area contributed by atoms with E-state index in [-0.39, 0.29) is 6.61 Å². The number of hydrogen-bond acceptors (Lipinski definition) is 4. The third kappa shape index (κ3) is 5.30. The quantitative estimate of drug-likeness (QED) is 0.824. The Labute approximate surface area is 139 Å². The number of para-hydroxylation sites is 2. The van der Waals surface area contributed by atoms with Crippen LogP contribution in [0.3, 0.4) is 0 Å². The zero-order valence-electron chi connectivity index (χ0n) is 12.5. The molecule has 0 heterocycles. The molecule has 2 rings (SSSR count). The van der Waals surface area contributed by atoms with Gasteiger partial charge in [-0.3, -0.25) is 4.79 Å². The number of anilines is 1. The van der Waals surface area contributed by atoms with Crippen molar-refractivity contribution in [2.45, 2.75) is 13.0 Å². The molecule has 6 heteroatoms. The molecule has 1 amide bonds. The van der Waals surface area contributed by atoms with Crippen molar-refractivity contribution in [3.63, 3.8) is 0 Å². The third-order valence-electron chi connectivity index (χ3n) is 2.90. The van der Waals surface area contributed by atoms with Crippen LogP contribution in [0.1, 0.15) is 6.92 Å². The number of amides is 1. The van der Waals surface area contributed by atoms with Gasteiger partial charge in [-0.15, -0.1) is 0 Å². The predicted octanol–water partition coefficient (Wildman–Crippen LogP) is 3.29. The first-order chi connectivity index (χ1) is 11.1. The average molecular weight is 334 g/mol. The number of rotatable bonds is 6. The summed E-state index contributed by atoms with van der Waals surface area (Å²) < 4.78 is 10.3. The number of benzene rings is 2. The number of carbonyl (C=O) groups is 2. The SMILES string of the molecule is C[C@@H](OC(=O)COc1ccccc1Cl)C(=O)Nc1ccccc1. The molecule has 0 saturated heterocycles. The van der Waals surface area contributed by atoms with Gasteiger partial charge in [0.25, 0.3) is 5.91 Å². The fourth-order valence-electron chi connectivity index (χ4n) is 1.75. The van der Waals surface area contributed by atoms with Gasteiger partial charge in [0.05, 0.1) is 5.02 Å². The third-order valence-corrected chi connectivity index (χ3v) is 3.21. The Bertz CT molecular complexity index is 675. The Kier molecular flexibility index (Phi) is 6.00. The lowest BCUT2D eigenvalue weighted by Gasteiger charge is -2.14. The minimum Gasteiger partial charge on any atom is -0.480 e. The average Bonchev–Trinajstić information content (AvgIpc) is 2.55. The summed E-state index contributed by atoms with van der Waals surface area (Å²) in [5.74, 6) is -0.685. The molecule has 0 bridgehead atoms. The highest BCUT2D eigenvalue weighted by Crippen LogP contribution is 2.22. The Morgan fingerprint density at radius 1 is 1.09 bits per heavy atom. The zero-order valence-corrected chi connectivity index (χ0v) is 13.2. The zero-order chi connectivity index (χ0) is 16.7. The summed E-state index contributed by atoms with van der Waals surface area (Å²) in [7, 11) is 0. The number of halogens is 1. The van der Waals surface area contributed by atoms with E-state index in [4.69, 9.17) is 21.1 Å². The normalized spacial score (nSPS) is 11.4. The summed E-state index contributed by atoms with van der Waals surface area (Å²) in [5, 5.41) is 3.05. The van der Waals surface area contributed by atoms with E-state index in [1.165, 1.54) is 6.92 Å². The van der Waals surface area contributed by atoms with Gasteiger partial charge in [0.15, 0.2) is 12.7 Å². The molecule has 0 saturated carbocycles. The van der Waals surface area contributed by atoms with Gasteiger partial charge in [-0.1, -0.05) is 41.9 Å². The highest BCUT2D eigenvalue weighted by molar-refractivity contribution is 6.32. The van der Waals surface area contributed by atoms with Crippen molar-refractivity contribution >= 4 is 29.2 Å². The van der Waals surface area contributed by atoms with Crippen LogP contribution >= 0.6 is 11.6 Å². The minimum absolute atomic E-state index is 0.327. The second-order valence-electron chi connectivity index (χ2n) is 4.71. The summed E-state index contributed by atoms with van der Waals surface area (Å²) >= 11 is 5.91. The largest absolute Gasteiger partial charge is 0.480 e. The van der Waals surface area contributed by atoms with Crippen molar-refractivity contribution in [3.8, 4) is 5.75 Å². The molecule has 1 N–H and O–H groups in total. The molecule has 0 spiro atoms. The maximum Gasteiger partial charge on any atom is 0.344 e. The molecule has 0 aliphatic carbocycles. The fourth-order valence-corrected chi connectivity index (χ4v) is 1.94. The van der Waals surface area contributed by atoms with Crippen molar-refractivity contribution in [2.24, 2.45) is 0 Å². The smallest absolute Gasteiger partial charge is 0.344 e. The van der Waals surface area contributed by atoms with E-state index >= 15 is 0 Å². The summed E-state index contributed by atoms with van der Waals surface area (Å²) in [6.45, 7) is 1.17. The second-order valence-corrected chi connectivity index (χ2v) is 5.11. The van der Waals surface area contributed by atoms with Crippen LogP contribution in [0, 0.1) is 0 Å². The number of ether oxygens (including phenoxy) is 2. The van der Waals surface area contributed by atoms with Gasteiger partial charge < -0.3 is 14.8 Å². The van der Waals surface area contributed by atoms with Crippen molar-refractivity contribution in [3.05, 3.63) is 59.6 Å². The van der Waals surface area contributed by atoms with Gasteiger partial charge >= 0.3 is 5.97 Å². The molecule has 0 fully saturated rings. The van der Waals surface area contributed by atoms with Crippen molar-refractivity contribution in [1.82, 2.24) is 0 Å². The standard InChI is InChI=1S/C17H16ClNO4/c1-12(17(21)19-13-7-3-2-4-8-13)23-16(20)11-22-15-10-6-5-9-14(15)18/h2-10,12H,11H2,1H3,(H,19,21)/t12-/m1/s1. The van der Waals surface area contributed by atoms with Crippen LogP contribution in [0.15, 0.2) is 54.6 Å². The van der Waals surface area contributed by atoms with Crippen molar-refractivity contribution < 1.29 is 19.1 Å². The second kappa shape index (κ2) is 8.19. The van der Waals surface area contributed by atoms with Gasteiger partial charge in [-0.2, -0.15) is 0 Å². The first-order valence-electron chi connectivity index (χ1n) is 6.99. The molecule has 0 radical (unpaired) electrons. The molecule has 2 aromatic carbocycles. The molecule has 5 nitrogen and oxygen atoms in total. The predicted molar refractivity (Wildman–Crippen MR) is 87.6 cm³/mol. The van der Waals surface area contributed by atoms with Gasteiger partial charge in [-0.05, 0) is 31.2 Å². The topological polar surface area (TPSA) is 64.6 Å². The Morgan fingerprint density at radius 3 is 2.43 bits per heavy atom. The van der Waals surface area contributed by atoms with E-state index < -0.39 is 18.0 Å². The van der Waals surface area contributed by atoms with Crippen LogP contribution in [0.25, 0.3) is 0 Å². The minimum atomic E-state index is -0.933. The Morgan fingerprint density at radius 2 is 1.74 bits per heavy atom. The van der Waals surface area contributed by atoms with Gasteiger partial charge in [-0.25, -0.2) is 4.79 Å². The van der Waals surface area contributed by atoms with E-state index in [1.54, 1.807) is 48.5 Å². The van der Waals surface area contributed by atoms with E-state index in [0.717, 1.165) is 0 Å². The number of hydrogen-bond donors (Lipinski definition) is 1. The van der Waals surface area contributed by atoms with Crippen molar-refractivity contribution in [1.29, 1.82) is 0 Å². The maximum absolute atomic E-state index is 11.9. The van der Waals surface area contributed by atoms with E-state index in [2.05, 4.69) is 5.32 Å². The highest BCUT2D eigenvalue weighted by Gasteiger charge is 2.18. The van der Waals surface area contributed by atoms with Crippen LogP contribution < -0.4 is 10.1 Å². The number of esters is 1. The molecule has 0 unspecified atom stereocenters. The van der Waals surface area contributed by atoms with Gasteiger partial charge in [0.2, 0.25) is 0 Å². The maximum atomic E-state index is 11.9. The molecular formula is C17H16ClNO4. The molecule has 23 heavy (non-hydrogen) atoms. The van der Waals surface area contributed by atoms with Gasteiger partial charge in [0, 0.05) is 5.69 Å². The summed E-state index contributed by atoms with van der Waals surface area (Å²) in [6, 6.07) is 15.7. The Balaban J connectivity index is 1.80. The molecular weight excluding hydrogens is 318 g/mol. The Hall–Kier alpha value is -2.53. The molecule has 0 aliphatic rings. The molecule has 1 atom stereocenters. The molecule has 0 aliphatic heterocycles. The lowest BCUT2D eigenvalue weighted by atomic mass is 10.3. The monoisotopic (exact) mass is 333 g/mol. The lowest BCUT2D eigenvalue weighted by Crippen LogP contribution is -2.31. The highest BCUT2D eigenvalue weighted by atomic mass is 35.5. The number of nitrogens with one attached hydrogen (secondary N) is 1. The summed E-state index contributed by atoms with van der Waals surface area (Å²) in [6.07, 6.45) is -0.933. The van der Waals surface area contributed by atoms with Crippen LogP contribution in [0.2, 0.25) is 5.02 Å². The van der Waals surface area contributed by atoms with Crippen LogP contribution in [-0.2, 0) is 14.3 Å². The lowest BCUT2D eigenvalue weighted by molar-refractivity contribution is -0.155. The van der Waals surface area contributed by atoms with E-state index in [0.29, 0.717) is 16.5 Å².